The van der Waals surface area contributed by atoms with Crippen LogP contribution in [0.15, 0.2) is 42.5 Å². The lowest BCUT2D eigenvalue weighted by Crippen LogP contribution is -2.18. The van der Waals surface area contributed by atoms with Crippen molar-refractivity contribution in [1.82, 2.24) is 5.48 Å². The van der Waals surface area contributed by atoms with Gasteiger partial charge in [-0.25, -0.2) is 5.48 Å². The summed E-state index contributed by atoms with van der Waals surface area (Å²) in [7, 11) is 0. The molecule has 2 aromatic rings. The van der Waals surface area contributed by atoms with Crippen LogP contribution in [0.3, 0.4) is 0 Å². The van der Waals surface area contributed by atoms with Gasteiger partial charge in [-0.1, -0.05) is 32.0 Å². The standard InChI is InChI=1S/C27H33NO6/c1-19(2)5-13-23-24(14-9-21-10-16-26(30)34-27(21)23)33-18-4-3-17-32-22-11-6-20(7-12-22)8-15-25(29)28-31/h6-9,11-12,14-15,19,31H,3-5,10,13,16-18H2,1-2H3,(H,28,29)/b15-8+. The molecule has 1 aliphatic heterocycles. The van der Waals surface area contributed by atoms with E-state index in [4.69, 9.17) is 19.4 Å². The van der Waals surface area contributed by atoms with Gasteiger partial charge in [-0.15, -0.1) is 0 Å². The molecule has 0 radical (unpaired) electrons. The summed E-state index contributed by atoms with van der Waals surface area (Å²) >= 11 is 0. The van der Waals surface area contributed by atoms with Gasteiger partial charge in [-0.05, 0) is 73.4 Å². The first-order chi connectivity index (χ1) is 16.5. The normalized spacial score (nSPS) is 13.0. The Morgan fingerprint density at radius 2 is 1.82 bits per heavy atom. The van der Waals surface area contributed by atoms with E-state index in [-0.39, 0.29) is 5.97 Å². The minimum Gasteiger partial charge on any atom is -0.494 e. The molecular weight excluding hydrogens is 434 g/mol. The molecule has 1 aliphatic rings. The second-order valence-electron chi connectivity index (χ2n) is 8.72. The van der Waals surface area contributed by atoms with E-state index in [0.717, 1.165) is 60.3 Å². The lowest BCUT2D eigenvalue weighted by Gasteiger charge is -2.22. The summed E-state index contributed by atoms with van der Waals surface area (Å²) in [4.78, 5) is 22.9. The number of unbranched alkanes of at least 4 members (excludes halogenated alkanes) is 1. The lowest BCUT2D eigenvalue weighted by atomic mass is 9.96. The minimum atomic E-state index is -0.578. The van der Waals surface area contributed by atoms with Gasteiger partial charge in [0.15, 0.2) is 0 Å². The number of carbonyl (C=O) groups excluding carboxylic acids is 2. The van der Waals surface area contributed by atoms with Crippen LogP contribution in [0.25, 0.3) is 6.08 Å². The van der Waals surface area contributed by atoms with E-state index in [0.29, 0.717) is 31.3 Å². The molecule has 0 bridgehead atoms. The maximum absolute atomic E-state index is 11.9. The molecule has 0 saturated carbocycles. The van der Waals surface area contributed by atoms with Crippen LogP contribution in [0, 0.1) is 5.92 Å². The number of esters is 1. The van der Waals surface area contributed by atoms with Crippen LogP contribution < -0.4 is 19.7 Å². The number of rotatable bonds is 12. The molecule has 2 aromatic carbocycles. The van der Waals surface area contributed by atoms with Crippen molar-refractivity contribution in [3.8, 4) is 17.2 Å². The van der Waals surface area contributed by atoms with Gasteiger partial charge in [-0.2, -0.15) is 0 Å². The Labute approximate surface area is 200 Å². The van der Waals surface area contributed by atoms with E-state index in [1.54, 1.807) is 11.6 Å². The van der Waals surface area contributed by atoms with Crippen LogP contribution in [0.4, 0.5) is 0 Å². The molecule has 34 heavy (non-hydrogen) atoms. The highest BCUT2D eigenvalue weighted by Crippen LogP contribution is 2.37. The Morgan fingerprint density at radius 1 is 1.09 bits per heavy atom. The molecule has 2 N–H and O–H groups in total. The van der Waals surface area contributed by atoms with Crippen molar-refractivity contribution in [3.05, 3.63) is 59.2 Å². The molecule has 0 unspecified atom stereocenters. The van der Waals surface area contributed by atoms with Gasteiger partial charge in [0.25, 0.3) is 5.91 Å². The average molecular weight is 468 g/mol. The predicted octanol–water partition coefficient (Wildman–Crippen LogP) is 4.88. The van der Waals surface area contributed by atoms with Gasteiger partial charge < -0.3 is 14.2 Å². The number of benzene rings is 2. The average Bonchev–Trinajstić information content (AvgIpc) is 2.84. The molecule has 0 atom stereocenters. The second kappa shape index (κ2) is 12.8. The molecule has 7 nitrogen and oxygen atoms in total. The maximum atomic E-state index is 11.9. The Bertz CT molecular complexity index is 997. The van der Waals surface area contributed by atoms with Crippen LogP contribution in [0.2, 0.25) is 0 Å². The Hall–Kier alpha value is -3.32. The quantitative estimate of drug-likeness (QED) is 0.115. The van der Waals surface area contributed by atoms with Crippen molar-refractivity contribution >= 4 is 18.0 Å². The third-order valence-electron chi connectivity index (χ3n) is 5.57. The number of amides is 1. The van der Waals surface area contributed by atoms with Crippen LogP contribution in [-0.2, 0) is 22.4 Å². The summed E-state index contributed by atoms with van der Waals surface area (Å²) in [5, 5.41) is 8.50. The van der Waals surface area contributed by atoms with Crippen molar-refractivity contribution < 1.29 is 29.0 Å². The molecule has 1 amide bonds. The SMILES string of the molecule is CC(C)CCc1c(OCCCCOc2ccc(/C=C/C(=O)NO)cc2)ccc2c1OC(=O)CC2. The van der Waals surface area contributed by atoms with Gasteiger partial charge in [0.05, 0.1) is 19.6 Å². The summed E-state index contributed by atoms with van der Waals surface area (Å²) in [6.45, 7) is 5.48. The second-order valence-corrected chi connectivity index (χ2v) is 8.72. The van der Waals surface area contributed by atoms with Crippen molar-refractivity contribution in [2.75, 3.05) is 13.2 Å². The number of nitrogens with one attached hydrogen (secondary N) is 1. The number of carbonyl (C=O) groups is 2. The van der Waals surface area contributed by atoms with E-state index < -0.39 is 5.91 Å². The summed E-state index contributed by atoms with van der Waals surface area (Å²) in [5.41, 5.74) is 4.46. The van der Waals surface area contributed by atoms with Crippen molar-refractivity contribution in [3.63, 3.8) is 0 Å². The minimum absolute atomic E-state index is 0.174. The number of hydrogen-bond donors (Lipinski definition) is 2. The predicted molar refractivity (Wildman–Crippen MR) is 129 cm³/mol. The Balaban J connectivity index is 1.46. The highest BCUT2D eigenvalue weighted by molar-refractivity contribution is 5.90. The molecule has 0 aromatic heterocycles. The number of hydroxylamine groups is 1. The Morgan fingerprint density at radius 3 is 2.53 bits per heavy atom. The molecule has 0 spiro atoms. The van der Waals surface area contributed by atoms with E-state index in [1.807, 2.05) is 36.4 Å². The molecule has 0 saturated heterocycles. The van der Waals surface area contributed by atoms with Crippen LogP contribution in [-0.4, -0.2) is 30.3 Å². The summed E-state index contributed by atoms with van der Waals surface area (Å²) in [6, 6.07) is 11.4. The Kier molecular flexibility index (Phi) is 9.52. The van der Waals surface area contributed by atoms with Crippen molar-refractivity contribution in [1.29, 1.82) is 0 Å². The van der Waals surface area contributed by atoms with Gasteiger partial charge in [0.2, 0.25) is 0 Å². The third kappa shape index (κ3) is 7.63. The fourth-order valence-electron chi connectivity index (χ4n) is 3.65. The summed E-state index contributed by atoms with van der Waals surface area (Å²) < 4.78 is 17.5. The van der Waals surface area contributed by atoms with Gasteiger partial charge in [-0.3, -0.25) is 14.8 Å². The lowest BCUT2D eigenvalue weighted by molar-refractivity contribution is -0.135. The maximum Gasteiger partial charge on any atom is 0.311 e. The highest BCUT2D eigenvalue weighted by Gasteiger charge is 2.23. The molecule has 0 fully saturated rings. The van der Waals surface area contributed by atoms with E-state index >= 15 is 0 Å². The first kappa shape index (κ1) is 25.3. The molecule has 0 aliphatic carbocycles. The van der Waals surface area contributed by atoms with Crippen LogP contribution >= 0.6 is 0 Å². The van der Waals surface area contributed by atoms with E-state index in [1.165, 1.54) is 6.08 Å². The fourth-order valence-corrected chi connectivity index (χ4v) is 3.65. The molecule has 7 heteroatoms. The van der Waals surface area contributed by atoms with Crippen molar-refractivity contribution in [2.24, 2.45) is 5.92 Å². The molecular formula is C27H33NO6. The smallest absolute Gasteiger partial charge is 0.311 e. The molecule has 3 rings (SSSR count). The van der Waals surface area contributed by atoms with Crippen LogP contribution in [0.5, 0.6) is 17.2 Å². The number of ether oxygens (including phenoxy) is 3. The molecule has 182 valence electrons. The summed E-state index contributed by atoms with van der Waals surface area (Å²) in [5.74, 6) is 2.04. The third-order valence-corrected chi connectivity index (χ3v) is 5.57. The zero-order valence-electron chi connectivity index (χ0n) is 19.8. The zero-order valence-corrected chi connectivity index (χ0v) is 19.8. The first-order valence-corrected chi connectivity index (χ1v) is 11.8. The van der Waals surface area contributed by atoms with Gasteiger partial charge in [0, 0.05) is 11.6 Å². The van der Waals surface area contributed by atoms with Gasteiger partial charge in [0.1, 0.15) is 17.2 Å². The zero-order chi connectivity index (χ0) is 24.3. The first-order valence-electron chi connectivity index (χ1n) is 11.8. The van der Waals surface area contributed by atoms with E-state index in [9.17, 15) is 9.59 Å². The number of hydrogen-bond acceptors (Lipinski definition) is 6. The van der Waals surface area contributed by atoms with E-state index in [2.05, 4.69) is 13.8 Å². The number of aryl methyl sites for hydroxylation is 1. The number of fused-ring (bicyclic) bond motifs is 1. The topological polar surface area (TPSA) is 94.1 Å². The monoisotopic (exact) mass is 467 g/mol. The summed E-state index contributed by atoms with van der Waals surface area (Å²) in [6.07, 6.45) is 7.48. The largest absolute Gasteiger partial charge is 0.494 e. The highest BCUT2D eigenvalue weighted by atomic mass is 16.5. The van der Waals surface area contributed by atoms with Gasteiger partial charge >= 0.3 is 5.97 Å². The fraction of sp³-hybridized carbons (Fsp3) is 0.407. The van der Waals surface area contributed by atoms with Crippen molar-refractivity contribution in [2.45, 2.75) is 52.4 Å². The molecule has 1 heterocycles. The van der Waals surface area contributed by atoms with Crippen LogP contribution in [0.1, 0.15) is 56.2 Å².